The van der Waals surface area contributed by atoms with E-state index in [4.69, 9.17) is 0 Å². The highest BCUT2D eigenvalue weighted by atomic mass is 32.2. The van der Waals surface area contributed by atoms with Crippen molar-refractivity contribution in [3.05, 3.63) is 70.7 Å². The van der Waals surface area contributed by atoms with Gasteiger partial charge < -0.3 is 10.2 Å². The molecule has 0 radical (unpaired) electrons. The summed E-state index contributed by atoms with van der Waals surface area (Å²) < 4.78 is 27.5. The van der Waals surface area contributed by atoms with Crippen molar-refractivity contribution < 1.29 is 13.6 Å². The molecule has 0 bridgehead atoms. The summed E-state index contributed by atoms with van der Waals surface area (Å²) in [6.07, 6.45) is 0. The Labute approximate surface area is 170 Å². The zero-order valence-electron chi connectivity index (χ0n) is 15.6. The lowest BCUT2D eigenvalue weighted by Gasteiger charge is -2.25. The number of amides is 2. The number of anilines is 1. The second kappa shape index (κ2) is 8.70. The monoisotopic (exact) mass is 419 g/mol. The molecule has 1 N–H and O–H groups in total. The molecule has 2 amide bonds. The molecule has 0 spiro atoms. The van der Waals surface area contributed by atoms with Crippen LogP contribution in [-0.2, 0) is 0 Å². The van der Waals surface area contributed by atoms with Crippen LogP contribution in [0.2, 0.25) is 0 Å². The Morgan fingerprint density at radius 3 is 2.50 bits per heavy atom. The smallest absolute Gasteiger partial charge is 0.321 e. The Kier molecular flexibility index (Phi) is 6.31. The maximum absolute atomic E-state index is 13.4. The van der Waals surface area contributed by atoms with Crippen LogP contribution in [0.25, 0.3) is 0 Å². The number of nitrogens with zero attached hydrogens (tertiary/aromatic N) is 2. The van der Waals surface area contributed by atoms with E-state index in [1.807, 2.05) is 36.6 Å². The van der Waals surface area contributed by atoms with Crippen molar-refractivity contribution in [3.63, 3.8) is 0 Å². The third-order valence-corrected chi connectivity index (χ3v) is 6.30. The molecule has 1 aromatic heterocycles. The molecule has 3 aromatic rings. The van der Waals surface area contributed by atoms with Crippen molar-refractivity contribution in [2.24, 2.45) is 0 Å². The molecule has 146 valence electrons. The van der Waals surface area contributed by atoms with Crippen molar-refractivity contribution in [3.8, 4) is 0 Å². The number of carbonyl (C=O) groups is 1. The number of nitrogens with one attached hydrogen (secondary N) is 1. The largest absolute Gasteiger partial charge is 0.322 e. The molecular weight excluding hydrogens is 400 g/mol. The summed E-state index contributed by atoms with van der Waals surface area (Å²) in [5.74, 6) is -1.84. The van der Waals surface area contributed by atoms with Crippen molar-refractivity contribution in [2.45, 2.75) is 29.1 Å². The van der Waals surface area contributed by atoms with E-state index in [0.717, 1.165) is 27.1 Å². The molecule has 4 nitrogen and oxygen atoms in total. The molecular formula is C20H19F2N3OS2. The van der Waals surface area contributed by atoms with Crippen LogP contribution in [0, 0.1) is 18.6 Å². The molecule has 3 rings (SSSR count). The van der Waals surface area contributed by atoms with Crippen LogP contribution in [0.5, 0.6) is 0 Å². The summed E-state index contributed by atoms with van der Waals surface area (Å²) in [6.45, 7) is 3.71. The van der Waals surface area contributed by atoms with Crippen molar-refractivity contribution >= 4 is 34.8 Å². The number of aromatic nitrogens is 1. The van der Waals surface area contributed by atoms with Gasteiger partial charge in [-0.25, -0.2) is 18.6 Å². The molecule has 1 heterocycles. The molecule has 0 saturated carbocycles. The zero-order chi connectivity index (χ0) is 20.3. The third-order valence-electron chi connectivity index (χ3n) is 4.24. The number of carbonyl (C=O) groups excluding carboxylic acids is 1. The Bertz CT molecular complexity index is 976. The average molecular weight is 420 g/mol. The van der Waals surface area contributed by atoms with Gasteiger partial charge in [-0.1, -0.05) is 17.8 Å². The minimum atomic E-state index is -0.929. The molecule has 0 aliphatic carbocycles. The van der Waals surface area contributed by atoms with E-state index in [0.29, 0.717) is 11.3 Å². The van der Waals surface area contributed by atoms with Crippen LogP contribution in [0.4, 0.5) is 19.3 Å². The van der Waals surface area contributed by atoms with Crippen LogP contribution in [0.15, 0.2) is 57.1 Å². The fraction of sp³-hybridized carbons (Fsp3) is 0.200. The molecule has 1 atom stereocenters. The number of halogens is 2. The second-order valence-corrected chi connectivity index (χ2v) is 8.45. The van der Waals surface area contributed by atoms with E-state index in [1.54, 1.807) is 37.1 Å². The number of thiazole rings is 1. The van der Waals surface area contributed by atoms with E-state index < -0.39 is 17.7 Å². The van der Waals surface area contributed by atoms with Crippen LogP contribution in [0.1, 0.15) is 24.2 Å². The highest BCUT2D eigenvalue weighted by molar-refractivity contribution is 8.01. The van der Waals surface area contributed by atoms with E-state index in [2.05, 4.69) is 10.3 Å². The fourth-order valence-corrected chi connectivity index (χ4v) is 4.28. The van der Waals surface area contributed by atoms with E-state index in [1.165, 1.54) is 11.0 Å². The maximum Gasteiger partial charge on any atom is 0.322 e. The van der Waals surface area contributed by atoms with Crippen LogP contribution >= 0.6 is 23.1 Å². The molecule has 8 heteroatoms. The Morgan fingerprint density at radius 2 is 1.89 bits per heavy atom. The number of hydrogen-bond donors (Lipinski definition) is 1. The van der Waals surface area contributed by atoms with Gasteiger partial charge in [0, 0.05) is 28.7 Å². The standard InChI is InChI=1S/C20H19F2N3OS2/c1-12-11-27-20(23-12)28-16-7-5-15(6-8-16)24-19(26)25(3)13(2)14-4-9-17(21)18(22)10-14/h4-11,13H,1-3H3,(H,24,26). The summed E-state index contributed by atoms with van der Waals surface area (Å²) >= 11 is 3.16. The predicted molar refractivity (Wildman–Crippen MR) is 109 cm³/mol. The van der Waals surface area contributed by atoms with Gasteiger partial charge in [-0.2, -0.15) is 0 Å². The van der Waals surface area contributed by atoms with Crippen molar-refractivity contribution in [1.82, 2.24) is 9.88 Å². The number of rotatable bonds is 5. The molecule has 0 aliphatic rings. The van der Waals surface area contributed by atoms with E-state index in [-0.39, 0.29) is 6.03 Å². The van der Waals surface area contributed by atoms with Crippen LogP contribution in [0.3, 0.4) is 0 Å². The molecule has 1 unspecified atom stereocenters. The minimum Gasteiger partial charge on any atom is -0.321 e. The van der Waals surface area contributed by atoms with Gasteiger partial charge in [0.05, 0.1) is 6.04 Å². The van der Waals surface area contributed by atoms with Gasteiger partial charge in [0.15, 0.2) is 16.0 Å². The number of urea groups is 1. The molecule has 28 heavy (non-hydrogen) atoms. The lowest BCUT2D eigenvalue weighted by molar-refractivity contribution is 0.208. The average Bonchev–Trinajstić information content (AvgIpc) is 3.09. The normalized spacial score (nSPS) is 11.9. The number of aryl methyl sites for hydroxylation is 1. The minimum absolute atomic E-state index is 0.340. The van der Waals surface area contributed by atoms with Gasteiger partial charge in [-0.3, -0.25) is 0 Å². The summed E-state index contributed by atoms with van der Waals surface area (Å²) in [4.78, 5) is 19.4. The van der Waals surface area contributed by atoms with E-state index >= 15 is 0 Å². The Hall–Kier alpha value is -2.45. The van der Waals surface area contributed by atoms with Crippen LogP contribution in [-0.4, -0.2) is 23.0 Å². The quantitative estimate of drug-likeness (QED) is 0.543. The first-order chi connectivity index (χ1) is 13.3. The van der Waals surface area contributed by atoms with Gasteiger partial charge in [0.25, 0.3) is 0 Å². The predicted octanol–water partition coefficient (Wildman–Crippen LogP) is 6.11. The van der Waals surface area contributed by atoms with Gasteiger partial charge in [0.2, 0.25) is 0 Å². The van der Waals surface area contributed by atoms with Crippen molar-refractivity contribution in [1.29, 1.82) is 0 Å². The molecule has 2 aromatic carbocycles. The summed E-state index contributed by atoms with van der Waals surface area (Å²) in [5, 5.41) is 4.81. The second-order valence-electron chi connectivity index (χ2n) is 6.27. The van der Waals surface area contributed by atoms with Gasteiger partial charge in [-0.15, -0.1) is 11.3 Å². The SMILES string of the molecule is Cc1csc(Sc2ccc(NC(=O)N(C)C(C)c3ccc(F)c(F)c3)cc2)n1. The third kappa shape index (κ3) is 4.88. The first-order valence-electron chi connectivity index (χ1n) is 8.52. The zero-order valence-corrected chi connectivity index (χ0v) is 17.2. The maximum atomic E-state index is 13.4. The Balaban J connectivity index is 1.62. The van der Waals surface area contributed by atoms with E-state index in [9.17, 15) is 13.6 Å². The molecule has 0 saturated heterocycles. The number of benzene rings is 2. The summed E-state index contributed by atoms with van der Waals surface area (Å²) in [5.41, 5.74) is 2.16. The fourth-order valence-electron chi connectivity index (χ4n) is 2.47. The lowest BCUT2D eigenvalue weighted by Crippen LogP contribution is -2.33. The van der Waals surface area contributed by atoms with Crippen molar-refractivity contribution in [2.75, 3.05) is 12.4 Å². The highest BCUT2D eigenvalue weighted by Crippen LogP contribution is 2.31. The summed E-state index contributed by atoms with van der Waals surface area (Å²) in [7, 11) is 1.61. The molecule has 0 aliphatic heterocycles. The van der Waals surface area contributed by atoms with Crippen LogP contribution < -0.4 is 5.32 Å². The summed E-state index contributed by atoms with van der Waals surface area (Å²) in [6, 6.07) is 10.3. The topological polar surface area (TPSA) is 45.2 Å². The first-order valence-corrected chi connectivity index (χ1v) is 10.2. The first kappa shape index (κ1) is 20.3. The van der Waals surface area contributed by atoms with Gasteiger partial charge in [-0.05, 0) is 55.8 Å². The Morgan fingerprint density at radius 1 is 1.18 bits per heavy atom. The highest BCUT2D eigenvalue weighted by Gasteiger charge is 2.19. The van der Waals surface area contributed by atoms with Gasteiger partial charge >= 0.3 is 6.03 Å². The number of hydrogen-bond acceptors (Lipinski definition) is 4. The lowest BCUT2D eigenvalue weighted by atomic mass is 10.1. The van der Waals surface area contributed by atoms with Gasteiger partial charge in [0.1, 0.15) is 0 Å². The molecule has 0 fully saturated rings.